The van der Waals surface area contributed by atoms with Gasteiger partial charge in [-0.15, -0.1) is 0 Å². The third-order valence-corrected chi connectivity index (χ3v) is 11.4. The highest BCUT2D eigenvalue weighted by molar-refractivity contribution is 5.98. The van der Waals surface area contributed by atoms with Crippen molar-refractivity contribution in [3.8, 4) is 40.3 Å². The minimum atomic E-state index is 0.465. The van der Waals surface area contributed by atoms with Crippen molar-refractivity contribution >= 4 is 28.8 Å². The van der Waals surface area contributed by atoms with Gasteiger partial charge < -0.3 is 24.6 Å². The van der Waals surface area contributed by atoms with Crippen LogP contribution in [-0.4, -0.2) is 66.4 Å². The Morgan fingerprint density at radius 1 is 0.981 bits per heavy atom. The van der Waals surface area contributed by atoms with E-state index in [-0.39, 0.29) is 0 Å². The summed E-state index contributed by atoms with van der Waals surface area (Å²) in [6.07, 6.45) is 10.0. The van der Waals surface area contributed by atoms with Crippen LogP contribution in [0.15, 0.2) is 59.0 Å². The molecule has 1 saturated heterocycles. The number of anilines is 2. The molecule has 3 heterocycles. The zero-order chi connectivity index (χ0) is 37.8. The molecule has 0 radical (unpaired) electrons. The standard InChI is InChI=1S/C44H51N7O3/c1-28-17-19-51(20-18-28)27-37-40(52-4)23-41(49-43(37)53-5)47-38-16-10-15-35(36(38)25-46)33-13-9-14-34(29(33)2)44-48-39-22-30(21-31(24-45)42(39)54-44)26-50(3)32-11-7-6-8-12-32/h9-10,13-16,21-23,25,28,32,46H,6-8,11-12,17-20,26-27H2,1-5H3,(H,47,49). The van der Waals surface area contributed by atoms with Crippen molar-refractivity contribution < 1.29 is 13.9 Å². The Kier molecular flexibility index (Phi) is 11.3. The first kappa shape index (κ1) is 37.1. The number of hydrogen-bond acceptors (Lipinski definition) is 10. The fourth-order valence-corrected chi connectivity index (χ4v) is 8.21. The van der Waals surface area contributed by atoms with Gasteiger partial charge in [0.2, 0.25) is 11.8 Å². The zero-order valence-corrected chi connectivity index (χ0v) is 32.2. The van der Waals surface area contributed by atoms with E-state index in [0.29, 0.717) is 58.2 Å². The summed E-state index contributed by atoms with van der Waals surface area (Å²) in [7, 11) is 5.49. The molecule has 1 aliphatic heterocycles. The molecule has 54 heavy (non-hydrogen) atoms. The van der Waals surface area contributed by atoms with Crippen LogP contribution >= 0.6 is 0 Å². The summed E-state index contributed by atoms with van der Waals surface area (Å²) in [5.74, 6) is 3.00. The van der Waals surface area contributed by atoms with Crippen LogP contribution in [0.4, 0.5) is 11.5 Å². The number of nitrogens with one attached hydrogen (secondary N) is 2. The molecule has 280 valence electrons. The van der Waals surface area contributed by atoms with Crippen molar-refractivity contribution in [2.45, 2.75) is 77.9 Å². The lowest BCUT2D eigenvalue weighted by atomic mass is 9.92. The van der Waals surface area contributed by atoms with E-state index in [1.54, 1.807) is 14.2 Å². The van der Waals surface area contributed by atoms with Gasteiger partial charge in [0.05, 0.1) is 25.3 Å². The Morgan fingerprint density at radius 3 is 2.44 bits per heavy atom. The summed E-state index contributed by atoms with van der Waals surface area (Å²) in [5.41, 5.74) is 8.72. The highest BCUT2D eigenvalue weighted by Crippen LogP contribution is 2.39. The van der Waals surface area contributed by atoms with Gasteiger partial charge in [0.25, 0.3) is 0 Å². The van der Waals surface area contributed by atoms with E-state index in [1.807, 2.05) is 55.5 Å². The summed E-state index contributed by atoms with van der Waals surface area (Å²) in [5, 5.41) is 22.1. The minimum Gasteiger partial charge on any atom is -0.496 e. The summed E-state index contributed by atoms with van der Waals surface area (Å²) >= 11 is 0. The van der Waals surface area contributed by atoms with Crippen LogP contribution in [0.5, 0.6) is 11.6 Å². The van der Waals surface area contributed by atoms with Gasteiger partial charge in [-0.3, -0.25) is 9.80 Å². The van der Waals surface area contributed by atoms with E-state index in [1.165, 1.54) is 51.2 Å². The highest BCUT2D eigenvalue weighted by Gasteiger charge is 2.24. The van der Waals surface area contributed by atoms with Crippen molar-refractivity contribution in [2.24, 2.45) is 5.92 Å². The number of oxazole rings is 1. The highest BCUT2D eigenvalue weighted by atomic mass is 16.5. The van der Waals surface area contributed by atoms with E-state index >= 15 is 0 Å². The monoisotopic (exact) mass is 725 g/mol. The molecular weight excluding hydrogens is 675 g/mol. The second-order valence-corrected chi connectivity index (χ2v) is 15.0. The van der Waals surface area contributed by atoms with Gasteiger partial charge in [-0.25, -0.2) is 4.98 Å². The molecule has 1 aliphatic carbocycles. The fourth-order valence-electron chi connectivity index (χ4n) is 8.21. The first-order chi connectivity index (χ1) is 26.3. The van der Waals surface area contributed by atoms with Gasteiger partial charge in [-0.1, -0.05) is 50.5 Å². The average molecular weight is 726 g/mol. The molecule has 0 atom stereocenters. The predicted molar refractivity (Wildman–Crippen MR) is 215 cm³/mol. The van der Waals surface area contributed by atoms with Crippen molar-refractivity contribution in [3.63, 3.8) is 0 Å². The third kappa shape index (κ3) is 7.70. The Bertz CT molecular complexity index is 2150. The number of nitriles is 1. The molecule has 2 fully saturated rings. The number of piperidine rings is 1. The van der Waals surface area contributed by atoms with Crippen molar-refractivity contribution in [2.75, 3.05) is 39.7 Å². The normalized spacial score (nSPS) is 15.7. The van der Waals surface area contributed by atoms with Gasteiger partial charge in [0.15, 0.2) is 5.58 Å². The van der Waals surface area contributed by atoms with E-state index in [9.17, 15) is 5.26 Å². The quantitative estimate of drug-likeness (QED) is 0.121. The molecule has 2 N–H and O–H groups in total. The van der Waals surface area contributed by atoms with Gasteiger partial charge in [-0.05, 0) is 105 Å². The summed E-state index contributed by atoms with van der Waals surface area (Å²) in [6, 6.07) is 20.8. The van der Waals surface area contributed by atoms with Gasteiger partial charge in [0.1, 0.15) is 23.2 Å². The van der Waals surface area contributed by atoms with Crippen molar-refractivity contribution in [1.82, 2.24) is 19.8 Å². The van der Waals surface area contributed by atoms with Crippen LogP contribution in [0.2, 0.25) is 0 Å². The minimum absolute atomic E-state index is 0.465. The van der Waals surface area contributed by atoms with Crippen LogP contribution < -0.4 is 14.8 Å². The molecule has 10 heteroatoms. The molecule has 5 aromatic rings. The molecule has 0 unspecified atom stereocenters. The Balaban J connectivity index is 1.18. The Morgan fingerprint density at radius 2 is 1.72 bits per heavy atom. The molecule has 0 spiro atoms. The largest absolute Gasteiger partial charge is 0.496 e. The Labute approximate surface area is 318 Å². The first-order valence-corrected chi connectivity index (χ1v) is 19.2. The van der Waals surface area contributed by atoms with Crippen LogP contribution in [0.1, 0.15) is 79.7 Å². The maximum absolute atomic E-state index is 10.1. The van der Waals surface area contributed by atoms with Crippen LogP contribution in [-0.2, 0) is 13.1 Å². The summed E-state index contributed by atoms with van der Waals surface area (Å²) < 4.78 is 18.0. The molecule has 7 rings (SSSR count). The number of pyridine rings is 1. The number of benzene rings is 3. The van der Waals surface area contributed by atoms with E-state index in [2.05, 4.69) is 41.2 Å². The molecule has 3 aromatic carbocycles. The molecular formula is C44H51N7O3. The smallest absolute Gasteiger partial charge is 0.227 e. The number of nitrogens with zero attached hydrogens (tertiary/aromatic N) is 5. The number of ether oxygens (including phenoxy) is 2. The second kappa shape index (κ2) is 16.4. The third-order valence-electron chi connectivity index (χ3n) is 11.4. The van der Waals surface area contributed by atoms with Crippen molar-refractivity contribution in [1.29, 1.82) is 10.7 Å². The Hall–Kier alpha value is -5.24. The topological polar surface area (TPSA) is 124 Å². The van der Waals surface area contributed by atoms with Crippen molar-refractivity contribution in [3.05, 3.63) is 82.4 Å². The number of aromatic nitrogens is 2. The molecule has 2 aromatic heterocycles. The van der Waals surface area contributed by atoms with E-state index in [4.69, 9.17) is 29.3 Å². The number of rotatable bonds is 12. The first-order valence-electron chi connectivity index (χ1n) is 19.2. The van der Waals surface area contributed by atoms with Gasteiger partial charge >= 0.3 is 0 Å². The van der Waals surface area contributed by atoms with Crippen LogP contribution in [0.25, 0.3) is 33.7 Å². The molecule has 2 aliphatic rings. The predicted octanol–water partition coefficient (Wildman–Crippen LogP) is 9.49. The second-order valence-electron chi connectivity index (χ2n) is 15.0. The maximum Gasteiger partial charge on any atom is 0.227 e. The van der Waals surface area contributed by atoms with Gasteiger partial charge in [-0.2, -0.15) is 10.2 Å². The number of fused-ring (bicyclic) bond motifs is 1. The maximum atomic E-state index is 10.1. The molecule has 0 bridgehead atoms. The van der Waals surface area contributed by atoms with Crippen LogP contribution in [0, 0.1) is 29.6 Å². The van der Waals surface area contributed by atoms with E-state index in [0.717, 1.165) is 64.6 Å². The fraction of sp³-hybridized carbons (Fsp3) is 0.409. The number of hydrogen-bond donors (Lipinski definition) is 2. The summed E-state index contributed by atoms with van der Waals surface area (Å²) in [6.45, 7) is 7.90. The number of methoxy groups -OCH3 is 2. The lowest BCUT2D eigenvalue weighted by Gasteiger charge is -2.31. The lowest BCUT2D eigenvalue weighted by Crippen LogP contribution is -2.32. The SMILES string of the molecule is COc1cc(Nc2cccc(-c3cccc(-c4nc5cc(CN(C)C6CCCCC6)cc(C#N)c5o4)c3C)c2C=N)nc(OC)c1CN1CCC(C)CC1. The molecule has 1 saturated carbocycles. The van der Waals surface area contributed by atoms with E-state index < -0.39 is 0 Å². The lowest BCUT2D eigenvalue weighted by molar-refractivity contribution is 0.181. The summed E-state index contributed by atoms with van der Waals surface area (Å²) in [4.78, 5) is 14.6. The zero-order valence-electron chi connectivity index (χ0n) is 32.2. The number of likely N-dealkylation sites (tertiary alicyclic amines) is 1. The van der Waals surface area contributed by atoms with Gasteiger partial charge in [0, 0.05) is 48.2 Å². The molecule has 0 amide bonds. The van der Waals surface area contributed by atoms with Crippen LogP contribution in [0.3, 0.4) is 0 Å². The average Bonchev–Trinajstić information content (AvgIpc) is 3.63. The molecule has 10 nitrogen and oxygen atoms in total.